The van der Waals surface area contributed by atoms with Gasteiger partial charge < -0.3 is 9.47 Å². The van der Waals surface area contributed by atoms with E-state index in [0.29, 0.717) is 18.8 Å². The van der Waals surface area contributed by atoms with Crippen LogP contribution >= 0.6 is 0 Å². The minimum atomic E-state index is -1.03. The average molecular weight is 264 g/mol. The second kappa shape index (κ2) is 6.36. The molecule has 0 aliphatic carbocycles. The number of esters is 1. The molecule has 0 heterocycles. The van der Waals surface area contributed by atoms with E-state index in [0.717, 1.165) is 5.56 Å². The van der Waals surface area contributed by atoms with Crippen molar-refractivity contribution in [3.05, 3.63) is 29.8 Å². The molecule has 4 heteroatoms. The Kier molecular flexibility index (Phi) is 5.10. The van der Waals surface area contributed by atoms with Crippen LogP contribution in [0.25, 0.3) is 0 Å². The number of carbonyl (C=O) groups is 2. The van der Waals surface area contributed by atoms with E-state index < -0.39 is 11.6 Å². The first-order chi connectivity index (χ1) is 8.85. The molecule has 0 saturated carbocycles. The van der Waals surface area contributed by atoms with Gasteiger partial charge in [0, 0.05) is 6.42 Å². The first kappa shape index (κ1) is 15.2. The van der Waals surface area contributed by atoms with Crippen LogP contribution in [0, 0.1) is 0 Å². The zero-order chi connectivity index (χ0) is 14.5. The van der Waals surface area contributed by atoms with Gasteiger partial charge in [-0.25, -0.2) is 4.79 Å². The standard InChI is InChI=1S/C15H20O4/c1-5-18-14(17)15(3,4)19-13-8-6-12(7-9-13)10-11(2)16/h6-9H,5,10H2,1-4H3. The van der Waals surface area contributed by atoms with Gasteiger partial charge >= 0.3 is 5.97 Å². The highest BCUT2D eigenvalue weighted by molar-refractivity contribution is 5.79. The Hall–Kier alpha value is -1.84. The predicted molar refractivity (Wildman–Crippen MR) is 72.2 cm³/mol. The normalized spacial score (nSPS) is 10.9. The van der Waals surface area contributed by atoms with Crippen LogP contribution in [0.4, 0.5) is 0 Å². The van der Waals surface area contributed by atoms with Crippen molar-refractivity contribution in [2.24, 2.45) is 0 Å². The molecule has 0 N–H and O–H groups in total. The third kappa shape index (κ3) is 4.73. The lowest BCUT2D eigenvalue weighted by molar-refractivity contribution is -0.158. The smallest absolute Gasteiger partial charge is 0.349 e. The van der Waals surface area contributed by atoms with Gasteiger partial charge in [0.1, 0.15) is 11.5 Å². The summed E-state index contributed by atoms with van der Waals surface area (Å²) in [5, 5.41) is 0. The van der Waals surface area contributed by atoms with Gasteiger partial charge in [-0.2, -0.15) is 0 Å². The molecule has 0 unspecified atom stereocenters. The number of ketones is 1. The van der Waals surface area contributed by atoms with E-state index >= 15 is 0 Å². The zero-order valence-electron chi connectivity index (χ0n) is 11.9. The van der Waals surface area contributed by atoms with Gasteiger partial charge in [-0.1, -0.05) is 12.1 Å². The Morgan fingerprint density at radius 3 is 2.21 bits per heavy atom. The summed E-state index contributed by atoms with van der Waals surface area (Å²) < 4.78 is 10.6. The number of carbonyl (C=O) groups excluding carboxylic acids is 2. The minimum Gasteiger partial charge on any atom is -0.476 e. The summed E-state index contributed by atoms with van der Waals surface area (Å²) in [5.74, 6) is 0.286. The number of rotatable bonds is 6. The molecule has 0 fully saturated rings. The molecule has 0 radical (unpaired) electrons. The molecule has 1 aromatic rings. The molecule has 0 aromatic heterocycles. The maximum Gasteiger partial charge on any atom is 0.349 e. The van der Waals surface area contributed by atoms with Crippen molar-refractivity contribution in [3.63, 3.8) is 0 Å². The lowest BCUT2D eigenvalue weighted by atomic mass is 10.1. The summed E-state index contributed by atoms with van der Waals surface area (Å²) in [6.07, 6.45) is 0.404. The monoisotopic (exact) mass is 264 g/mol. The highest BCUT2D eigenvalue weighted by Gasteiger charge is 2.31. The van der Waals surface area contributed by atoms with Gasteiger partial charge in [0.05, 0.1) is 6.61 Å². The van der Waals surface area contributed by atoms with Gasteiger partial charge in [-0.05, 0) is 45.4 Å². The van der Waals surface area contributed by atoms with E-state index in [1.807, 2.05) is 12.1 Å². The molecule has 0 aliphatic heterocycles. The second-order valence-corrected chi connectivity index (χ2v) is 4.86. The van der Waals surface area contributed by atoms with Crippen molar-refractivity contribution in [1.29, 1.82) is 0 Å². The van der Waals surface area contributed by atoms with Crippen LogP contribution in [0.15, 0.2) is 24.3 Å². The Morgan fingerprint density at radius 2 is 1.74 bits per heavy atom. The molecule has 0 bridgehead atoms. The minimum absolute atomic E-state index is 0.112. The number of benzene rings is 1. The molecular formula is C15H20O4. The molecular weight excluding hydrogens is 244 g/mol. The maximum atomic E-state index is 11.7. The van der Waals surface area contributed by atoms with Gasteiger partial charge in [0.15, 0.2) is 5.60 Å². The van der Waals surface area contributed by atoms with E-state index in [1.165, 1.54) is 0 Å². The SMILES string of the molecule is CCOC(=O)C(C)(C)Oc1ccc(CC(C)=O)cc1. The summed E-state index contributed by atoms with van der Waals surface area (Å²) >= 11 is 0. The molecule has 0 amide bonds. The van der Waals surface area contributed by atoms with Crippen molar-refractivity contribution in [3.8, 4) is 5.75 Å². The fraction of sp³-hybridized carbons (Fsp3) is 0.467. The predicted octanol–water partition coefficient (Wildman–Crippen LogP) is 2.54. The van der Waals surface area contributed by atoms with Gasteiger partial charge in [-0.15, -0.1) is 0 Å². The van der Waals surface area contributed by atoms with Crippen molar-refractivity contribution in [2.75, 3.05) is 6.61 Å². The van der Waals surface area contributed by atoms with E-state index in [1.54, 1.807) is 39.8 Å². The van der Waals surface area contributed by atoms with Gasteiger partial charge in [0.2, 0.25) is 0 Å². The molecule has 0 aliphatic rings. The quantitative estimate of drug-likeness (QED) is 0.741. The number of ether oxygens (including phenoxy) is 2. The van der Waals surface area contributed by atoms with Crippen molar-refractivity contribution in [1.82, 2.24) is 0 Å². The van der Waals surface area contributed by atoms with Crippen molar-refractivity contribution < 1.29 is 19.1 Å². The Morgan fingerprint density at radius 1 is 1.16 bits per heavy atom. The van der Waals surface area contributed by atoms with E-state index in [4.69, 9.17) is 9.47 Å². The van der Waals surface area contributed by atoms with Crippen LogP contribution in [0.1, 0.15) is 33.3 Å². The first-order valence-electron chi connectivity index (χ1n) is 6.29. The van der Waals surface area contributed by atoms with Gasteiger partial charge in [0.25, 0.3) is 0 Å². The van der Waals surface area contributed by atoms with Crippen molar-refractivity contribution >= 4 is 11.8 Å². The maximum absolute atomic E-state index is 11.7. The number of hydrogen-bond acceptors (Lipinski definition) is 4. The fourth-order valence-electron chi connectivity index (χ4n) is 1.60. The molecule has 1 rings (SSSR count). The highest BCUT2D eigenvalue weighted by atomic mass is 16.6. The number of Topliss-reactive ketones (excluding diaryl/α,β-unsaturated/α-hetero) is 1. The molecule has 0 spiro atoms. The Balaban J connectivity index is 2.71. The summed E-state index contributed by atoms with van der Waals surface area (Å²) in [7, 11) is 0. The lowest BCUT2D eigenvalue weighted by Crippen LogP contribution is -2.39. The molecule has 19 heavy (non-hydrogen) atoms. The van der Waals surface area contributed by atoms with Crippen LogP contribution in [-0.2, 0) is 20.7 Å². The van der Waals surface area contributed by atoms with Crippen LogP contribution in [0.3, 0.4) is 0 Å². The van der Waals surface area contributed by atoms with Crippen LogP contribution in [0.5, 0.6) is 5.75 Å². The van der Waals surface area contributed by atoms with E-state index in [2.05, 4.69) is 0 Å². The van der Waals surface area contributed by atoms with Crippen molar-refractivity contribution in [2.45, 2.75) is 39.7 Å². The summed E-state index contributed by atoms with van der Waals surface area (Å²) in [4.78, 5) is 22.7. The Labute approximate surface area is 113 Å². The third-order valence-electron chi connectivity index (χ3n) is 2.52. The zero-order valence-corrected chi connectivity index (χ0v) is 11.9. The van der Waals surface area contributed by atoms with E-state index in [-0.39, 0.29) is 5.78 Å². The largest absolute Gasteiger partial charge is 0.476 e. The summed E-state index contributed by atoms with van der Waals surface area (Å²) in [6.45, 7) is 6.95. The fourth-order valence-corrected chi connectivity index (χ4v) is 1.60. The Bertz CT molecular complexity index is 446. The average Bonchev–Trinajstić information content (AvgIpc) is 2.31. The second-order valence-electron chi connectivity index (χ2n) is 4.86. The molecule has 4 nitrogen and oxygen atoms in total. The highest BCUT2D eigenvalue weighted by Crippen LogP contribution is 2.20. The summed E-state index contributed by atoms with van der Waals surface area (Å²) in [5.41, 5.74) is -0.105. The van der Waals surface area contributed by atoms with E-state index in [9.17, 15) is 9.59 Å². The van der Waals surface area contributed by atoms with Crippen LogP contribution in [0.2, 0.25) is 0 Å². The third-order valence-corrected chi connectivity index (χ3v) is 2.52. The molecule has 0 atom stereocenters. The summed E-state index contributed by atoms with van der Waals surface area (Å²) in [6, 6.07) is 7.13. The van der Waals surface area contributed by atoms with Crippen LogP contribution in [-0.4, -0.2) is 24.0 Å². The molecule has 1 aromatic carbocycles. The first-order valence-corrected chi connectivity index (χ1v) is 6.29. The molecule has 104 valence electrons. The topological polar surface area (TPSA) is 52.6 Å². The van der Waals surface area contributed by atoms with Gasteiger partial charge in [-0.3, -0.25) is 4.79 Å². The lowest BCUT2D eigenvalue weighted by Gasteiger charge is -2.24. The molecule has 0 saturated heterocycles. The van der Waals surface area contributed by atoms with Crippen LogP contribution < -0.4 is 4.74 Å². The number of hydrogen-bond donors (Lipinski definition) is 0.